The number of hydrogen-bond acceptors (Lipinski definition) is 1. The Bertz CT molecular complexity index is 51.5. The average molecular weight is 89.2 g/mol. The maximum atomic E-state index is 6.65. The molecule has 0 bridgehead atoms. The topological polar surface area (TPSA) is 0 Å². The smallest absolute Gasteiger partial charge is 0.0234 e. The van der Waals surface area contributed by atoms with E-state index in [1.54, 1.807) is 0 Å². The van der Waals surface area contributed by atoms with Gasteiger partial charge in [0, 0.05) is 1.37 Å². The second-order valence-electron chi connectivity index (χ2n) is 0.952. The van der Waals surface area contributed by atoms with Crippen molar-refractivity contribution in [1.29, 1.82) is 0 Å². The minimum atomic E-state index is 0.440. The van der Waals surface area contributed by atoms with Gasteiger partial charge in [0.25, 0.3) is 0 Å². The lowest BCUT2D eigenvalue weighted by Crippen LogP contribution is -1.75. The first-order valence-corrected chi connectivity index (χ1v) is 1.97. The fourth-order valence-corrected chi connectivity index (χ4v) is 0. The predicted molar refractivity (Wildman–Crippen MR) is 28.6 cm³/mol. The van der Waals surface area contributed by atoms with E-state index < -0.39 is 0 Å². The molecule has 0 nitrogen and oxygen atoms in total. The van der Waals surface area contributed by atoms with Crippen molar-refractivity contribution < 1.29 is 1.37 Å². The summed E-state index contributed by atoms with van der Waals surface area (Å²) in [4.78, 5) is 0.935. The van der Waals surface area contributed by atoms with E-state index in [2.05, 4.69) is 12.2 Å². The van der Waals surface area contributed by atoms with Crippen molar-refractivity contribution in [2.75, 3.05) is 0 Å². The van der Waals surface area contributed by atoms with E-state index in [-0.39, 0.29) is 0 Å². The molecule has 0 unspecified atom stereocenters. The van der Waals surface area contributed by atoms with Crippen LogP contribution in [0, 0.1) is 0 Å². The van der Waals surface area contributed by atoms with Crippen molar-refractivity contribution in [3.63, 3.8) is 0 Å². The highest BCUT2D eigenvalue weighted by atomic mass is 32.1. The van der Waals surface area contributed by atoms with Crippen LogP contribution in [0.3, 0.4) is 0 Å². The average Bonchev–Trinajstić information content (AvgIpc) is 1.35. The molecule has 0 aliphatic carbocycles. The maximum absolute atomic E-state index is 6.65. The van der Waals surface area contributed by atoms with Gasteiger partial charge in [0.15, 0.2) is 0 Å². The van der Waals surface area contributed by atoms with E-state index in [1.807, 2.05) is 6.92 Å². The van der Waals surface area contributed by atoms with Crippen molar-refractivity contribution >= 4 is 17.1 Å². The predicted octanol–water partition coefficient (Wildman–Crippen LogP) is 1.79. The first-order valence-electron chi connectivity index (χ1n) is 2.26. The Morgan fingerprint density at radius 1 is 2.20 bits per heavy atom. The fraction of sp³-hybridized carbons (Fsp3) is 0.750. The Kier molecular flexibility index (Phi) is 1.53. The van der Waals surface area contributed by atoms with Crippen LogP contribution in [-0.4, -0.2) is 4.86 Å². The van der Waals surface area contributed by atoms with Crippen LogP contribution < -0.4 is 0 Å². The van der Waals surface area contributed by atoms with Gasteiger partial charge in [-0.2, -0.15) is 0 Å². The monoisotopic (exact) mass is 89.0 g/mol. The third kappa shape index (κ3) is 4.09. The quantitative estimate of drug-likeness (QED) is 0.441. The molecule has 5 heavy (non-hydrogen) atoms. The van der Waals surface area contributed by atoms with Gasteiger partial charge < -0.3 is 0 Å². The van der Waals surface area contributed by atoms with Gasteiger partial charge in [-0.15, -0.1) is 0 Å². The molecule has 0 fully saturated rings. The second kappa shape index (κ2) is 2.33. The molecule has 0 spiro atoms. The van der Waals surface area contributed by atoms with Crippen LogP contribution in [0.1, 0.15) is 21.6 Å². The van der Waals surface area contributed by atoms with Crippen molar-refractivity contribution in [3.05, 3.63) is 0 Å². The molecule has 0 N–H and O–H groups in total. The van der Waals surface area contributed by atoms with Crippen LogP contribution in [-0.2, 0) is 0 Å². The van der Waals surface area contributed by atoms with Gasteiger partial charge in [0.2, 0.25) is 0 Å². The second-order valence-corrected chi connectivity index (χ2v) is 1.65. The van der Waals surface area contributed by atoms with Crippen LogP contribution >= 0.6 is 12.2 Å². The summed E-state index contributed by atoms with van der Waals surface area (Å²) in [6.45, 7) is 2.30. The summed E-state index contributed by atoms with van der Waals surface area (Å²) in [6.07, 6.45) is 0.773. The Morgan fingerprint density at radius 2 is 2.80 bits per heavy atom. The number of thiocarbonyl (C=S) groups is 1. The molecule has 0 radical (unpaired) electrons. The number of hydrogen-bond donors (Lipinski definition) is 0. The van der Waals surface area contributed by atoms with Gasteiger partial charge in [-0.05, 0) is 18.2 Å². The van der Waals surface area contributed by atoms with Gasteiger partial charge in [0.05, 0.1) is 0 Å². The lowest BCUT2D eigenvalue weighted by Gasteiger charge is -1.76. The van der Waals surface area contributed by atoms with Crippen molar-refractivity contribution in [3.8, 4) is 0 Å². The largest absolute Gasteiger partial charge is 0.0900 e. The van der Waals surface area contributed by atoms with E-state index in [1.165, 1.54) is 0 Å². The SMILES string of the molecule is [2H]CCC(C)=S. The third-order valence-corrected chi connectivity index (χ3v) is 0.556. The van der Waals surface area contributed by atoms with Gasteiger partial charge in [0.1, 0.15) is 0 Å². The molecule has 0 atom stereocenters. The molecule has 0 aliphatic heterocycles. The molecule has 0 aliphatic rings. The highest BCUT2D eigenvalue weighted by Crippen LogP contribution is 1.77. The van der Waals surface area contributed by atoms with Gasteiger partial charge >= 0.3 is 0 Å². The third-order valence-electron chi connectivity index (χ3n) is 0.352. The molecule has 0 amide bonds. The van der Waals surface area contributed by atoms with Gasteiger partial charge in [-0.3, -0.25) is 0 Å². The Labute approximate surface area is 39.6 Å². The summed E-state index contributed by atoms with van der Waals surface area (Å²) in [7, 11) is 0. The summed E-state index contributed by atoms with van der Waals surface area (Å²) in [5, 5.41) is 0. The van der Waals surface area contributed by atoms with E-state index in [4.69, 9.17) is 1.37 Å². The minimum Gasteiger partial charge on any atom is -0.0900 e. The van der Waals surface area contributed by atoms with E-state index in [9.17, 15) is 0 Å². The molecule has 0 heterocycles. The van der Waals surface area contributed by atoms with Crippen molar-refractivity contribution in [2.24, 2.45) is 0 Å². The highest BCUT2D eigenvalue weighted by molar-refractivity contribution is 7.80. The van der Waals surface area contributed by atoms with Gasteiger partial charge in [-0.25, -0.2) is 0 Å². The summed E-state index contributed by atoms with van der Waals surface area (Å²) in [5.41, 5.74) is 0. The zero-order chi connectivity index (χ0) is 4.99. The zero-order valence-corrected chi connectivity index (χ0v) is 4.14. The van der Waals surface area contributed by atoms with Gasteiger partial charge in [-0.1, -0.05) is 19.1 Å². The highest BCUT2D eigenvalue weighted by Gasteiger charge is 1.71. The van der Waals surface area contributed by atoms with E-state index >= 15 is 0 Å². The van der Waals surface area contributed by atoms with Crippen LogP contribution in [0.2, 0.25) is 0 Å². The first kappa shape index (κ1) is 3.29. The van der Waals surface area contributed by atoms with Crippen LogP contribution in [0.25, 0.3) is 0 Å². The standard InChI is InChI=1S/C4H8S/c1-3-4(2)5/h3H2,1-2H3/i1D. The van der Waals surface area contributed by atoms with Crippen molar-refractivity contribution in [1.82, 2.24) is 0 Å². The number of rotatable bonds is 1. The van der Waals surface area contributed by atoms with Crippen LogP contribution in [0.4, 0.5) is 0 Å². The first-order chi connectivity index (χ1) is 2.77. The Balaban J connectivity index is 2.83. The molecule has 0 rings (SSSR count). The van der Waals surface area contributed by atoms with Crippen LogP contribution in [0.5, 0.6) is 0 Å². The summed E-state index contributed by atoms with van der Waals surface area (Å²) < 4.78 is 6.65. The molecule has 1 heteroatoms. The van der Waals surface area contributed by atoms with E-state index in [0.29, 0.717) is 6.90 Å². The fourth-order valence-electron chi connectivity index (χ4n) is 0. The zero-order valence-electron chi connectivity index (χ0n) is 4.32. The molecule has 0 saturated carbocycles. The van der Waals surface area contributed by atoms with Crippen LogP contribution in [0.15, 0.2) is 0 Å². The molecule has 0 aromatic heterocycles. The summed E-state index contributed by atoms with van der Waals surface area (Å²) in [6, 6.07) is 0. The maximum Gasteiger partial charge on any atom is 0.0234 e. The molecule has 30 valence electrons. The molecule has 0 aromatic carbocycles. The molecule has 0 saturated heterocycles. The Morgan fingerprint density at radius 3 is 2.80 bits per heavy atom. The summed E-state index contributed by atoms with van der Waals surface area (Å²) in [5.74, 6) is 0. The molecular formula is C4H8S. The lowest BCUT2D eigenvalue weighted by atomic mass is 10.4. The molecular weight excluding hydrogens is 80.1 g/mol. The minimum absolute atomic E-state index is 0.440. The van der Waals surface area contributed by atoms with E-state index in [0.717, 1.165) is 11.3 Å². The van der Waals surface area contributed by atoms with Crippen molar-refractivity contribution in [2.45, 2.75) is 20.2 Å². The normalized spacial score (nSPS) is 10.2. The Hall–Kier alpha value is 0.0900. The lowest BCUT2D eigenvalue weighted by molar-refractivity contribution is 1.31. The molecule has 0 aromatic rings. The summed E-state index contributed by atoms with van der Waals surface area (Å²) >= 11 is 4.67.